The van der Waals surface area contributed by atoms with Crippen molar-refractivity contribution in [3.05, 3.63) is 35.6 Å². The van der Waals surface area contributed by atoms with E-state index in [1.165, 1.54) is 6.33 Å². The van der Waals surface area contributed by atoms with Crippen LogP contribution in [0.25, 0.3) is 11.0 Å². The van der Waals surface area contributed by atoms with Crippen molar-refractivity contribution < 1.29 is 27.6 Å². The number of rotatable bonds is 4. The number of anilines is 1. The zero-order chi connectivity index (χ0) is 19.9. The van der Waals surface area contributed by atoms with Crippen LogP contribution < -0.4 is 10.2 Å². The number of H-pyrrole nitrogens is 1. The van der Waals surface area contributed by atoms with E-state index in [0.717, 1.165) is 5.39 Å². The summed E-state index contributed by atoms with van der Waals surface area (Å²) in [6, 6.07) is 1.83. The average molecular weight is 396 g/mol. The van der Waals surface area contributed by atoms with Crippen LogP contribution in [0.3, 0.4) is 0 Å². The molecule has 3 aromatic heterocycles. The Balaban J connectivity index is 1.54. The Morgan fingerprint density at radius 3 is 3.04 bits per heavy atom. The van der Waals surface area contributed by atoms with Crippen LogP contribution >= 0.6 is 0 Å². The first-order valence-corrected chi connectivity index (χ1v) is 8.38. The van der Waals surface area contributed by atoms with E-state index in [9.17, 15) is 18.0 Å². The predicted molar refractivity (Wildman–Crippen MR) is 89.5 cm³/mol. The Morgan fingerprint density at radius 1 is 1.43 bits per heavy atom. The topological polar surface area (TPSA) is 120 Å². The maximum absolute atomic E-state index is 12.4. The van der Waals surface area contributed by atoms with Gasteiger partial charge in [-0.25, -0.2) is 9.97 Å². The minimum absolute atomic E-state index is 0.103. The van der Waals surface area contributed by atoms with Crippen LogP contribution in [0.15, 0.2) is 23.1 Å². The van der Waals surface area contributed by atoms with Crippen molar-refractivity contribution in [1.29, 1.82) is 0 Å². The van der Waals surface area contributed by atoms with E-state index < -0.39 is 24.7 Å². The number of carbonyl (C=O) groups is 1. The van der Waals surface area contributed by atoms with Gasteiger partial charge in [0.1, 0.15) is 23.6 Å². The number of hydrogen-bond donors (Lipinski definition) is 3. The Labute approximate surface area is 155 Å². The van der Waals surface area contributed by atoms with Gasteiger partial charge in [0.15, 0.2) is 11.8 Å². The van der Waals surface area contributed by atoms with Crippen molar-refractivity contribution >= 4 is 22.8 Å². The Morgan fingerprint density at radius 2 is 2.25 bits per heavy atom. The van der Waals surface area contributed by atoms with E-state index in [2.05, 4.69) is 20.1 Å². The molecule has 4 rings (SSSR count). The molecule has 1 aliphatic heterocycles. The highest BCUT2D eigenvalue weighted by atomic mass is 19.4. The summed E-state index contributed by atoms with van der Waals surface area (Å²) in [6.07, 6.45) is -3.86. The molecule has 3 aromatic rings. The molecule has 0 saturated carbocycles. The molecule has 0 radical (unpaired) electrons. The first kappa shape index (κ1) is 18.2. The van der Waals surface area contributed by atoms with Gasteiger partial charge in [0.2, 0.25) is 0 Å². The molecule has 3 N–H and O–H groups in total. The zero-order valence-electron chi connectivity index (χ0n) is 14.3. The molecule has 28 heavy (non-hydrogen) atoms. The van der Waals surface area contributed by atoms with Crippen molar-refractivity contribution in [2.45, 2.75) is 25.2 Å². The molecular weight excluding hydrogens is 381 g/mol. The summed E-state index contributed by atoms with van der Waals surface area (Å²) in [5, 5.41) is 15.6. The smallest absolute Gasteiger partial charge is 0.382 e. The van der Waals surface area contributed by atoms with Gasteiger partial charge in [-0.2, -0.15) is 13.2 Å². The quantitative estimate of drug-likeness (QED) is 0.605. The minimum atomic E-state index is -4.82. The Kier molecular flexibility index (Phi) is 4.41. The summed E-state index contributed by atoms with van der Waals surface area (Å²) >= 11 is 0. The summed E-state index contributed by atoms with van der Waals surface area (Å²) < 4.78 is 42.4. The molecule has 1 amide bonds. The SMILES string of the molecule is O=C(NCC(O)C(F)(F)F)c1noc2c1CN(c1ncnc3[nH]ccc13)CC2. The van der Waals surface area contributed by atoms with Crippen LogP contribution in [-0.2, 0) is 13.0 Å². The van der Waals surface area contributed by atoms with E-state index >= 15 is 0 Å². The molecule has 12 heteroatoms. The molecule has 1 atom stereocenters. The Hall–Kier alpha value is -3.15. The number of hydrogen-bond acceptors (Lipinski definition) is 7. The summed E-state index contributed by atoms with van der Waals surface area (Å²) in [4.78, 5) is 25.6. The number of nitrogens with one attached hydrogen (secondary N) is 2. The van der Waals surface area contributed by atoms with E-state index in [0.29, 0.717) is 35.8 Å². The van der Waals surface area contributed by atoms with Crippen LogP contribution in [-0.4, -0.2) is 56.5 Å². The molecule has 0 aliphatic carbocycles. The number of aliphatic hydroxyl groups excluding tert-OH is 1. The number of carbonyl (C=O) groups excluding carboxylic acids is 1. The molecule has 1 aliphatic rings. The monoisotopic (exact) mass is 396 g/mol. The van der Waals surface area contributed by atoms with Crippen molar-refractivity contribution in [3.63, 3.8) is 0 Å². The molecule has 9 nitrogen and oxygen atoms in total. The highest BCUT2D eigenvalue weighted by Crippen LogP contribution is 2.29. The summed E-state index contributed by atoms with van der Waals surface area (Å²) in [6.45, 7) is -0.155. The number of aliphatic hydroxyl groups is 1. The van der Waals surface area contributed by atoms with Gasteiger partial charge in [0.25, 0.3) is 5.91 Å². The first-order chi connectivity index (χ1) is 13.3. The molecule has 0 saturated heterocycles. The van der Waals surface area contributed by atoms with Gasteiger partial charge in [0, 0.05) is 24.7 Å². The zero-order valence-corrected chi connectivity index (χ0v) is 14.3. The third kappa shape index (κ3) is 3.26. The van der Waals surface area contributed by atoms with Gasteiger partial charge >= 0.3 is 6.18 Å². The molecule has 0 aromatic carbocycles. The lowest BCUT2D eigenvalue weighted by atomic mass is 10.1. The number of halogens is 3. The second kappa shape index (κ2) is 6.78. The van der Waals surface area contributed by atoms with Crippen molar-refractivity contribution in [1.82, 2.24) is 25.4 Å². The van der Waals surface area contributed by atoms with Crippen molar-refractivity contribution in [3.8, 4) is 0 Å². The van der Waals surface area contributed by atoms with E-state index in [1.54, 1.807) is 6.20 Å². The van der Waals surface area contributed by atoms with Crippen molar-refractivity contribution in [2.24, 2.45) is 0 Å². The third-order valence-corrected chi connectivity index (χ3v) is 4.51. The first-order valence-electron chi connectivity index (χ1n) is 8.38. The lowest BCUT2D eigenvalue weighted by Gasteiger charge is -2.27. The molecule has 4 heterocycles. The summed E-state index contributed by atoms with van der Waals surface area (Å²) in [5.41, 5.74) is 1.04. The second-order valence-corrected chi connectivity index (χ2v) is 6.31. The normalized spacial score (nSPS) is 15.5. The molecule has 1 unspecified atom stereocenters. The predicted octanol–water partition coefficient (Wildman–Crippen LogP) is 1.16. The highest BCUT2D eigenvalue weighted by molar-refractivity contribution is 5.94. The van der Waals surface area contributed by atoms with E-state index in [-0.39, 0.29) is 12.2 Å². The number of fused-ring (bicyclic) bond motifs is 2. The second-order valence-electron chi connectivity index (χ2n) is 6.31. The fourth-order valence-corrected chi connectivity index (χ4v) is 3.07. The van der Waals surface area contributed by atoms with Crippen LogP contribution in [0.1, 0.15) is 21.8 Å². The van der Waals surface area contributed by atoms with Gasteiger partial charge in [0.05, 0.1) is 18.5 Å². The van der Waals surface area contributed by atoms with Crippen molar-refractivity contribution in [2.75, 3.05) is 18.0 Å². The average Bonchev–Trinajstić information content (AvgIpc) is 3.30. The number of aromatic nitrogens is 4. The van der Waals surface area contributed by atoms with Crippen LogP contribution in [0.5, 0.6) is 0 Å². The maximum Gasteiger partial charge on any atom is 0.416 e. The van der Waals surface area contributed by atoms with E-state index in [1.807, 2.05) is 16.3 Å². The third-order valence-electron chi connectivity index (χ3n) is 4.51. The molecule has 0 spiro atoms. The molecular formula is C16H15F3N6O3. The van der Waals surface area contributed by atoms with Gasteiger partial charge in [-0.3, -0.25) is 4.79 Å². The van der Waals surface area contributed by atoms with Crippen LogP contribution in [0.4, 0.5) is 19.0 Å². The van der Waals surface area contributed by atoms with Gasteiger partial charge < -0.3 is 24.8 Å². The Bertz CT molecular complexity index is 1010. The van der Waals surface area contributed by atoms with Crippen LogP contribution in [0.2, 0.25) is 0 Å². The standard InChI is InChI=1S/C16H15F3N6O3/c17-16(18,19)11(26)5-21-15(27)12-9-6-25(4-2-10(9)28-24-12)14-8-1-3-20-13(8)22-7-23-14/h1,3,7,11,26H,2,4-6H2,(H,21,27)(H,20,22,23). The number of aromatic amines is 1. The van der Waals surface area contributed by atoms with Gasteiger partial charge in [-0.05, 0) is 6.07 Å². The minimum Gasteiger partial charge on any atom is -0.382 e. The van der Waals surface area contributed by atoms with E-state index in [4.69, 9.17) is 9.63 Å². The molecule has 0 bridgehead atoms. The fraction of sp³-hybridized carbons (Fsp3) is 0.375. The number of alkyl halides is 3. The van der Waals surface area contributed by atoms with Gasteiger partial charge in [-0.15, -0.1) is 0 Å². The maximum atomic E-state index is 12.4. The van der Waals surface area contributed by atoms with Gasteiger partial charge in [-0.1, -0.05) is 5.16 Å². The fourth-order valence-electron chi connectivity index (χ4n) is 3.07. The molecule has 0 fully saturated rings. The highest BCUT2D eigenvalue weighted by Gasteiger charge is 2.38. The van der Waals surface area contributed by atoms with Crippen LogP contribution in [0, 0.1) is 0 Å². The summed E-state index contributed by atoms with van der Waals surface area (Å²) in [7, 11) is 0. The summed E-state index contributed by atoms with van der Waals surface area (Å²) in [5.74, 6) is 0.318. The lowest BCUT2D eigenvalue weighted by Crippen LogP contribution is -2.41. The lowest BCUT2D eigenvalue weighted by molar-refractivity contribution is -0.201. The largest absolute Gasteiger partial charge is 0.416 e. The molecule has 148 valence electrons. The number of nitrogens with zero attached hydrogens (tertiary/aromatic N) is 4. The number of amides is 1.